The molecule has 1 aliphatic heterocycles. The normalized spacial score (nSPS) is 20.0. The Labute approximate surface area is 146 Å². The summed E-state index contributed by atoms with van der Waals surface area (Å²) in [7, 11) is 0. The number of likely N-dealkylation sites (tertiary alicyclic amines) is 1. The lowest BCUT2D eigenvalue weighted by atomic mass is 9.97. The molecule has 0 aromatic carbocycles. The third-order valence-corrected chi connectivity index (χ3v) is 4.25. The predicted octanol–water partition coefficient (Wildman–Crippen LogP) is 1.86. The van der Waals surface area contributed by atoms with Gasteiger partial charge >= 0.3 is 5.97 Å². The van der Waals surface area contributed by atoms with E-state index in [0.717, 1.165) is 25.9 Å². The highest BCUT2D eigenvalue weighted by molar-refractivity contribution is 5.85. The molecule has 0 saturated carbocycles. The molecule has 6 heteroatoms. The van der Waals surface area contributed by atoms with Crippen LogP contribution in [0, 0.1) is 18.3 Å². The fraction of sp³-hybridized carbons (Fsp3) is 0.824. The molecule has 23 heavy (non-hydrogen) atoms. The van der Waals surface area contributed by atoms with E-state index in [1.54, 1.807) is 0 Å². The van der Waals surface area contributed by atoms with Gasteiger partial charge in [-0.3, -0.25) is 4.79 Å². The molecule has 0 bridgehead atoms. The first-order chi connectivity index (χ1) is 10.4. The van der Waals surface area contributed by atoms with Gasteiger partial charge in [0.15, 0.2) is 0 Å². The van der Waals surface area contributed by atoms with E-state index in [4.69, 9.17) is 15.9 Å². The van der Waals surface area contributed by atoms with Crippen LogP contribution in [0.5, 0.6) is 0 Å². The lowest BCUT2D eigenvalue weighted by molar-refractivity contribution is -0.149. The highest BCUT2D eigenvalue weighted by Gasteiger charge is 2.27. The Morgan fingerprint density at radius 3 is 2.52 bits per heavy atom. The number of esters is 1. The van der Waals surface area contributed by atoms with Gasteiger partial charge in [-0.1, -0.05) is 12.8 Å². The van der Waals surface area contributed by atoms with Crippen LogP contribution in [0.2, 0.25) is 0 Å². The van der Waals surface area contributed by atoms with Crippen molar-refractivity contribution in [3.05, 3.63) is 0 Å². The summed E-state index contributed by atoms with van der Waals surface area (Å²) in [6, 6.07) is 0. The van der Waals surface area contributed by atoms with Crippen molar-refractivity contribution in [2.45, 2.75) is 51.7 Å². The zero-order valence-corrected chi connectivity index (χ0v) is 15.2. The van der Waals surface area contributed by atoms with Crippen LogP contribution in [0.15, 0.2) is 0 Å². The molecule has 5 nitrogen and oxygen atoms in total. The second-order valence-corrected chi connectivity index (χ2v) is 6.02. The van der Waals surface area contributed by atoms with E-state index in [1.165, 1.54) is 0 Å². The number of halogens is 1. The quantitative estimate of drug-likeness (QED) is 0.536. The van der Waals surface area contributed by atoms with Gasteiger partial charge in [-0.2, -0.15) is 0 Å². The largest absolute Gasteiger partial charge is 0.466 e. The van der Waals surface area contributed by atoms with Crippen LogP contribution >= 0.6 is 12.4 Å². The molecule has 0 aromatic rings. The summed E-state index contributed by atoms with van der Waals surface area (Å²) in [6.45, 7) is 8.43. The molecule has 1 saturated heterocycles. The number of aliphatic hydroxyl groups is 1. The topological polar surface area (TPSA) is 59.0 Å². The monoisotopic (exact) mass is 347 g/mol. The molecular formula is C17H30ClNO4. The summed E-state index contributed by atoms with van der Waals surface area (Å²) < 4.78 is 10.7. The van der Waals surface area contributed by atoms with Crippen molar-refractivity contribution in [3.63, 3.8) is 0 Å². The van der Waals surface area contributed by atoms with Crippen molar-refractivity contribution in [1.82, 2.24) is 4.90 Å². The van der Waals surface area contributed by atoms with Crippen molar-refractivity contribution >= 4 is 18.4 Å². The Kier molecular flexibility index (Phi) is 10.5. The summed E-state index contributed by atoms with van der Waals surface area (Å²) in [5.41, 5.74) is -0.613. The van der Waals surface area contributed by atoms with Crippen LogP contribution in [0.3, 0.4) is 0 Å². The Balaban J connectivity index is 0.00000484. The van der Waals surface area contributed by atoms with Crippen molar-refractivity contribution in [2.24, 2.45) is 5.92 Å². The fourth-order valence-electron chi connectivity index (χ4n) is 2.49. The summed E-state index contributed by atoms with van der Waals surface area (Å²) in [5, 5.41) is 10.1. The van der Waals surface area contributed by atoms with Crippen LogP contribution in [-0.4, -0.2) is 60.5 Å². The minimum Gasteiger partial charge on any atom is -0.466 e. The second kappa shape index (κ2) is 10.9. The third kappa shape index (κ3) is 7.54. The summed E-state index contributed by atoms with van der Waals surface area (Å²) >= 11 is 0. The summed E-state index contributed by atoms with van der Waals surface area (Å²) in [5.74, 6) is 2.52. The number of hydrogen-bond acceptors (Lipinski definition) is 5. The molecule has 1 fully saturated rings. The molecule has 2 unspecified atom stereocenters. The number of β-amino-alcohol motifs (C(OH)–C–C–N with tert-alkyl or cyclic N) is 1. The van der Waals surface area contributed by atoms with E-state index >= 15 is 0 Å². The van der Waals surface area contributed by atoms with Crippen molar-refractivity contribution < 1.29 is 19.4 Å². The van der Waals surface area contributed by atoms with E-state index in [2.05, 4.69) is 10.8 Å². The number of nitrogens with zero attached hydrogens (tertiary/aromatic N) is 1. The molecule has 1 N–H and O–H groups in total. The maximum Gasteiger partial charge on any atom is 0.309 e. The first-order valence-corrected chi connectivity index (χ1v) is 8.12. The molecule has 0 aromatic heterocycles. The number of carbonyl (C=O) groups excluding carboxylic acids is 1. The van der Waals surface area contributed by atoms with Crippen molar-refractivity contribution in [1.29, 1.82) is 0 Å². The lowest BCUT2D eigenvalue weighted by Crippen LogP contribution is -2.43. The smallest absolute Gasteiger partial charge is 0.309 e. The van der Waals surface area contributed by atoms with Crippen LogP contribution in [-0.2, 0) is 14.3 Å². The Hall–Kier alpha value is -0.800. The maximum atomic E-state index is 11.7. The Morgan fingerprint density at radius 2 is 2.04 bits per heavy atom. The zero-order chi connectivity index (χ0) is 16.6. The predicted molar refractivity (Wildman–Crippen MR) is 92.5 cm³/mol. The standard InChI is InChI=1S/C17H29NO4.ClH/c1-5-17(4,6-2)22-13-15(19)12-18-10-8-14(9-11-18)16(20)21-7-3;/h1,14-15,19H,6-13H2,2-4H3;1H. The third-order valence-electron chi connectivity index (χ3n) is 4.25. The molecule has 1 aliphatic rings. The van der Waals surface area contributed by atoms with Gasteiger partial charge in [-0.05, 0) is 46.2 Å². The molecule has 2 atom stereocenters. The number of terminal acetylenes is 1. The van der Waals surface area contributed by atoms with Gasteiger partial charge in [0.25, 0.3) is 0 Å². The van der Waals surface area contributed by atoms with Crippen LogP contribution < -0.4 is 0 Å². The van der Waals surface area contributed by atoms with Gasteiger partial charge in [0.05, 0.1) is 25.2 Å². The van der Waals surface area contributed by atoms with Gasteiger partial charge in [-0.25, -0.2) is 0 Å². The minimum atomic E-state index is -0.613. The summed E-state index contributed by atoms with van der Waals surface area (Å²) in [6.07, 6.45) is 7.15. The SMILES string of the molecule is C#CC(C)(CC)OCC(O)CN1CCC(C(=O)OCC)CC1.Cl. The molecule has 1 rings (SSSR count). The first kappa shape index (κ1) is 22.2. The molecule has 0 amide bonds. The number of aliphatic hydroxyl groups excluding tert-OH is 1. The molecule has 0 spiro atoms. The van der Waals surface area contributed by atoms with Gasteiger partial charge in [-0.15, -0.1) is 18.8 Å². The average Bonchev–Trinajstić information content (AvgIpc) is 2.53. The van der Waals surface area contributed by atoms with Gasteiger partial charge in [0.1, 0.15) is 5.60 Å². The first-order valence-electron chi connectivity index (χ1n) is 8.12. The number of rotatable bonds is 8. The number of ether oxygens (including phenoxy) is 2. The van der Waals surface area contributed by atoms with Gasteiger partial charge in [0, 0.05) is 6.54 Å². The molecule has 134 valence electrons. The number of hydrogen-bond donors (Lipinski definition) is 1. The van der Waals surface area contributed by atoms with E-state index in [1.807, 2.05) is 20.8 Å². The molecule has 1 heterocycles. The van der Waals surface area contributed by atoms with Crippen LogP contribution in [0.1, 0.15) is 40.0 Å². The molecule has 0 aliphatic carbocycles. The highest BCUT2D eigenvalue weighted by Crippen LogP contribution is 2.19. The van der Waals surface area contributed by atoms with E-state index in [-0.39, 0.29) is 30.9 Å². The zero-order valence-electron chi connectivity index (χ0n) is 14.4. The maximum absolute atomic E-state index is 11.7. The van der Waals surface area contributed by atoms with Gasteiger partial charge in [0.2, 0.25) is 0 Å². The lowest BCUT2D eigenvalue weighted by Gasteiger charge is -2.32. The molecule has 0 radical (unpaired) electrons. The average molecular weight is 348 g/mol. The molecular weight excluding hydrogens is 318 g/mol. The highest BCUT2D eigenvalue weighted by atomic mass is 35.5. The van der Waals surface area contributed by atoms with E-state index < -0.39 is 11.7 Å². The fourth-order valence-corrected chi connectivity index (χ4v) is 2.49. The Morgan fingerprint density at radius 1 is 1.43 bits per heavy atom. The second-order valence-electron chi connectivity index (χ2n) is 6.02. The van der Waals surface area contributed by atoms with E-state index in [0.29, 0.717) is 19.6 Å². The minimum absolute atomic E-state index is 0. The number of piperidine rings is 1. The van der Waals surface area contributed by atoms with Crippen LogP contribution in [0.25, 0.3) is 0 Å². The van der Waals surface area contributed by atoms with Crippen molar-refractivity contribution in [2.75, 3.05) is 32.8 Å². The number of carbonyl (C=O) groups is 1. The summed E-state index contributed by atoms with van der Waals surface area (Å²) in [4.78, 5) is 13.8. The Bertz CT molecular complexity index is 391. The van der Waals surface area contributed by atoms with Gasteiger partial charge < -0.3 is 19.5 Å². The van der Waals surface area contributed by atoms with Crippen LogP contribution in [0.4, 0.5) is 0 Å². The van der Waals surface area contributed by atoms with Crippen molar-refractivity contribution in [3.8, 4) is 12.3 Å². The van der Waals surface area contributed by atoms with E-state index in [9.17, 15) is 9.90 Å².